The molecule has 7 aromatic rings. The topological polar surface area (TPSA) is 198 Å². The first kappa shape index (κ1) is 51.1. The summed E-state index contributed by atoms with van der Waals surface area (Å²) in [6.45, 7) is 8.29. The minimum atomic E-state index is -1.84. The first-order valence-electron chi connectivity index (χ1n) is 26.1. The number of fused-ring (bicyclic) bond motifs is 7. The Labute approximate surface area is 436 Å². The zero-order valence-electron chi connectivity index (χ0n) is 43.5. The number of aromatic nitrogens is 3. The summed E-state index contributed by atoms with van der Waals surface area (Å²) in [6.07, 6.45) is 5.91. The molecule has 3 aromatic heterocycles. The predicted molar refractivity (Wildman–Crippen MR) is 295 cm³/mol. The van der Waals surface area contributed by atoms with Crippen LogP contribution in [0.25, 0.3) is 44.1 Å². The van der Waals surface area contributed by atoms with Gasteiger partial charge in [-0.1, -0.05) is 6.92 Å². The van der Waals surface area contributed by atoms with Crippen molar-refractivity contribution in [3.05, 3.63) is 118 Å². The molecule has 0 unspecified atom stereocenters. The number of benzene rings is 4. The van der Waals surface area contributed by atoms with Crippen molar-refractivity contribution < 1.29 is 29.3 Å². The molecule has 5 N–H and O–H groups in total. The SMILES string of the molecule is CC[C@@]1(O)C(=O)OCc2c1cc1n(c2=O)Cc2cc3c(CN(C)C)c(O)ccc3nc2-1.CN(C)c1ccc(Nc2c3ccc(NC(=O)CCN4CCCC4)cc3nc3cc(NC(=O)CCN4CCCC4)ccc23)cc1. The number of hydrogen-bond acceptors (Lipinski definition) is 14. The normalized spacial score (nSPS) is 17.1. The van der Waals surface area contributed by atoms with E-state index in [1.165, 1.54) is 25.7 Å². The summed E-state index contributed by atoms with van der Waals surface area (Å²) in [5, 5.41) is 33.9. The highest BCUT2D eigenvalue weighted by Gasteiger charge is 2.45. The van der Waals surface area contributed by atoms with Crippen molar-refractivity contribution >= 4 is 78.9 Å². The van der Waals surface area contributed by atoms with Crippen LogP contribution in [0.1, 0.15) is 74.1 Å². The lowest BCUT2D eigenvalue weighted by atomic mass is 9.86. The molecule has 0 aliphatic carbocycles. The monoisotopic (exact) mass is 1010 g/mol. The molecule has 2 fully saturated rings. The van der Waals surface area contributed by atoms with E-state index in [0.717, 1.165) is 106 Å². The lowest BCUT2D eigenvalue weighted by Gasteiger charge is -2.31. The predicted octanol–water partition coefficient (Wildman–Crippen LogP) is 7.89. The number of aliphatic hydroxyl groups is 1. The molecule has 0 saturated carbocycles. The second-order valence-corrected chi connectivity index (χ2v) is 20.7. The van der Waals surface area contributed by atoms with Gasteiger partial charge < -0.3 is 55.1 Å². The van der Waals surface area contributed by atoms with Gasteiger partial charge in [0.05, 0.1) is 45.7 Å². The lowest BCUT2D eigenvalue weighted by molar-refractivity contribution is -0.172. The Kier molecular flexibility index (Phi) is 14.6. The summed E-state index contributed by atoms with van der Waals surface area (Å²) in [5.74, 6) is -0.513. The highest BCUT2D eigenvalue weighted by atomic mass is 16.6. The van der Waals surface area contributed by atoms with Gasteiger partial charge in [0, 0.05) is 102 Å². The number of carbonyl (C=O) groups excluding carboxylic acids is 3. The van der Waals surface area contributed by atoms with Crippen molar-refractivity contribution in [2.45, 2.75) is 77.2 Å². The summed E-state index contributed by atoms with van der Waals surface area (Å²) >= 11 is 0. The molecule has 17 nitrogen and oxygen atoms in total. The van der Waals surface area contributed by atoms with Gasteiger partial charge in [0.15, 0.2) is 5.60 Å². The van der Waals surface area contributed by atoms with Crippen molar-refractivity contribution in [3.63, 3.8) is 0 Å². The van der Waals surface area contributed by atoms with E-state index in [1.807, 2.05) is 75.6 Å². The molecular formula is C58H66N10O7. The van der Waals surface area contributed by atoms with Gasteiger partial charge in [-0.2, -0.15) is 0 Å². The summed E-state index contributed by atoms with van der Waals surface area (Å²) < 4.78 is 6.71. The smallest absolute Gasteiger partial charge is 0.343 e. The van der Waals surface area contributed by atoms with Crippen molar-refractivity contribution in [2.75, 3.05) is 88.3 Å². The molecule has 75 heavy (non-hydrogen) atoms. The molecule has 2 saturated heterocycles. The van der Waals surface area contributed by atoms with Gasteiger partial charge in [0.2, 0.25) is 11.8 Å². The van der Waals surface area contributed by atoms with Crippen LogP contribution in [-0.4, -0.2) is 125 Å². The Morgan fingerprint density at radius 1 is 0.720 bits per heavy atom. The summed E-state index contributed by atoms with van der Waals surface area (Å²) in [7, 11) is 7.91. The Bertz CT molecular complexity index is 3310. The Balaban J connectivity index is 0.000000181. The van der Waals surface area contributed by atoms with Crippen LogP contribution in [0.4, 0.5) is 28.4 Å². The van der Waals surface area contributed by atoms with E-state index >= 15 is 0 Å². The Morgan fingerprint density at radius 2 is 1.31 bits per heavy atom. The summed E-state index contributed by atoms with van der Waals surface area (Å²) in [5.41, 5.74) is 8.02. The van der Waals surface area contributed by atoms with E-state index < -0.39 is 11.6 Å². The number of amides is 2. The van der Waals surface area contributed by atoms with Crippen LogP contribution in [0.2, 0.25) is 0 Å². The number of carbonyl (C=O) groups is 3. The van der Waals surface area contributed by atoms with Crippen LogP contribution >= 0.6 is 0 Å². The quantitative estimate of drug-likeness (QED) is 0.0521. The van der Waals surface area contributed by atoms with Crippen LogP contribution in [0, 0.1) is 0 Å². The maximum atomic E-state index is 13.2. The molecule has 4 aliphatic rings. The average molecular weight is 1020 g/mol. The number of phenolic OH excluding ortho intramolecular Hbond substituents is 1. The van der Waals surface area contributed by atoms with Gasteiger partial charge in [0.25, 0.3) is 5.56 Å². The van der Waals surface area contributed by atoms with Crippen LogP contribution < -0.4 is 26.4 Å². The maximum absolute atomic E-state index is 13.2. The van der Waals surface area contributed by atoms with Gasteiger partial charge in [-0.3, -0.25) is 14.4 Å². The van der Waals surface area contributed by atoms with Crippen molar-refractivity contribution in [2.24, 2.45) is 0 Å². The molecule has 2 amide bonds. The molecule has 0 bridgehead atoms. The molecule has 7 heterocycles. The van der Waals surface area contributed by atoms with E-state index in [0.29, 0.717) is 54.0 Å². The molecule has 4 aromatic carbocycles. The molecule has 0 spiro atoms. The fraction of sp³-hybridized carbons (Fsp3) is 0.379. The number of aromatic hydroxyl groups is 1. The number of esters is 1. The summed E-state index contributed by atoms with van der Waals surface area (Å²) in [6, 6.07) is 27.1. The van der Waals surface area contributed by atoms with Gasteiger partial charge in [0.1, 0.15) is 12.4 Å². The number of anilines is 5. The highest BCUT2D eigenvalue weighted by Crippen LogP contribution is 2.40. The Morgan fingerprint density at radius 3 is 1.87 bits per heavy atom. The van der Waals surface area contributed by atoms with Crippen LogP contribution in [0.3, 0.4) is 0 Å². The highest BCUT2D eigenvalue weighted by molar-refractivity contribution is 6.11. The molecule has 0 radical (unpaired) electrons. The van der Waals surface area contributed by atoms with Crippen molar-refractivity contribution in [3.8, 4) is 17.1 Å². The number of pyridine rings is 3. The number of rotatable bonds is 14. The first-order chi connectivity index (χ1) is 36.1. The molecule has 17 heteroatoms. The third-order valence-corrected chi connectivity index (χ3v) is 15.0. The van der Waals surface area contributed by atoms with E-state index in [9.17, 15) is 29.4 Å². The molecule has 1 atom stereocenters. The second-order valence-electron chi connectivity index (χ2n) is 20.7. The fourth-order valence-corrected chi connectivity index (χ4v) is 10.8. The van der Waals surface area contributed by atoms with Crippen LogP contribution in [0.15, 0.2) is 89.7 Å². The van der Waals surface area contributed by atoms with Crippen molar-refractivity contribution in [1.82, 2.24) is 29.2 Å². The zero-order valence-corrected chi connectivity index (χ0v) is 43.5. The number of nitrogens with zero attached hydrogens (tertiary/aromatic N) is 7. The average Bonchev–Trinajstić information content (AvgIpc) is 4.20. The van der Waals surface area contributed by atoms with E-state index in [2.05, 4.69) is 54.9 Å². The number of phenols is 1. The largest absolute Gasteiger partial charge is 0.508 e. The summed E-state index contributed by atoms with van der Waals surface area (Å²) in [4.78, 5) is 69.6. The standard InChI is InChI=1S/C35H43N7O2.C23H23N3O5/c1-40(2)28-11-7-25(8-12-28)38-35-29-13-9-26(36-33(43)15-21-41-17-3-4-18-41)23-31(29)39-32-24-27(10-14-30(32)35)37-34(44)16-22-42-19-5-6-20-42;1-4-23(30)16-8-18-20-12(9-26(18)21(28)15(16)11-31-22(23)29)7-13-14(10-25(2)3)19(27)6-5-17(13)24-20/h7-14,23-24H,3-6,15-22H2,1-2H3,(H,36,43)(H,37,44)(H,38,39);5-8,27,30H,4,9-11H2,1-3H3/t;23-/m.0/s1. The van der Waals surface area contributed by atoms with E-state index in [1.54, 1.807) is 29.7 Å². The third kappa shape index (κ3) is 10.6. The zero-order chi connectivity index (χ0) is 52.5. The molecule has 390 valence electrons. The minimum Gasteiger partial charge on any atom is -0.508 e. The third-order valence-electron chi connectivity index (χ3n) is 15.0. The van der Waals surface area contributed by atoms with E-state index in [4.69, 9.17) is 14.7 Å². The number of cyclic esters (lactones) is 1. The first-order valence-corrected chi connectivity index (χ1v) is 26.1. The number of ether oxygens (including phenoxy) is 1. The van der Waals surface area contributed by atoms with Gasteiger partial charge >= 0.3 is 5.97 Å². The minimum absolute atomic E-state index is 0.00954. The lowest BCUT2D eigenvalue weighted by Crippen LogP contribution is -2.44. The van der Waals surface area contributed by atoms with Crippen LogP contribution in [-0.2, 0) is 44.4 Å². The number of nitrogens with one attached hydrogen (secondary N) is 3. The fourth-order valence-electron chi connectivity index (χ4n) is 10.8. The maximum Gasteiger partial charge on any atom is 0.343 e. The number of hydrogen-bond donors (Lipinski definition) is 5. The van der Waals surface area contributed by atoms with Gasteiger partial charge in [-0.05, 0) is 157 Å². The Hall–Kier alpha value is -7.44. The second kappa shape index (κ2) is 21.4. The molecule has 4 aliphatic heterocycles. The van der Waals surface area contributed by atoms with Gasteiger partial charge in [-0.25, -0.2) is 14.8 Å². The molecular weight excluding hydrogens is 949 g/mol. The van der Waals surface area contributed by atoms with Gasteiger partial charge in [-0.15, -0.1) is 0 Å². The van der Waals surface area contributed by atoms with Crippen LogP contribution in [0.5, 0.6) is 5.75 Å². The van der Waals surface area contributed by atoms with E-state index in [-0.39, 0.29) is 36.2 Å². The molecule has 11 rings (SSSR count). The van der Waals surface area contributed by atoms with Crippen molar-refractivity contribution in [1.29, 1.82) is 0 Å². The number of likely N-dealkylation sites (tertiary alicyclic amines) is 2.